The molecule has 0 fully saturated rings. The number of aliphatic hydroxyl groups excluding tert-OH is 2. The molecular formula is C11H12N2O5. The number of rotatable bonds is 4. The average molecular weight is 252 g/mol. The number of hydrogen-bond acceptors (Lipinski definition) is 5. The number of nitrogens with one attached hydrogen (secondary N) is 1. The molecule has 0 atom stereocenters. The fraction of sp³-hybridized carbons (Fsp3) is 0.273. The zero-order chi connectivity index (χ0) is 13.3. The second-order valence-corrected chi connectivity index (χ2v) is 3.69. The zero-order valence-electron chi connectivity index (χ0n) is 9.64. The Bertz CT molecular complexity index is 605. The number of aliphatic hydroxyl groups is 2. The maximum atomic E-state index is 11.1. The zero-order valence-corrected chi connectivity index (χ0v) is 9.64. The first-order valence-electron chi connectivity index (χ1n) is 5.20. The van der Waals surface area contributed by atoms with E-state index in [0.717, 1.165) is 0 Å². The van der Waals surface area contributed by atoms with E-state index < -0.39 is 4.92 Å². The minimum atomic E-state index is -0.556. The summed E-state index contributed by atoms with van der Waals surface area (Å²) in [6.07, 6.45) is 0. The van der Waals surface area contributed by atoms with E-state index >= 15 is 0 Å². The highest BCUT2D eigenvalue weighted by atomic mass is 16.6. The first-order chi connectivity index (χ1) is 8.63. The van der Waals surface area contributed by atoms with E-state index in [-0.39, 0.29) is 30.2 Å². The summed E-state index contributed by atoms with van der Waals surface area (Å²) < 4.78 is 4.94. The molecule has 96 valence electrons. The number of benzene rings is 1. The third kappa shape index (κ3) is 1.69. The van der Waals surface area contributed by atoms with E-state index in [1.807, 2.05) is 0 Å². The molecule has 0 saturated carbocycles. The molecule has 0 saturated heterocycles. The van der Waals surface area contributed by atoms with E-state index in [9.17, 15) is 15.2 Å². The maximum Gasteiger partial charge on any atom is 0.334 e. The molecule has 1 aromatic carbocycles. The van der Waals surface area contributed by atoms with Crippen LogP contribution in [0, 0.1) is 10.1 Å². The molecule has 7 heteroatoms. The van der Waals surface area contributed by atoms with Gasteiger partial charge in [-0.3, -0.25) is 10.1 Å². The first-order valence-corrected chi connectivity index (χ1v) is 5.20. The third-order valence-electron chi connectivity index (χ3n) is 2.82. The highest BCUT2D eigenvalue weighted by Gasteiger charge is 2.23. The summed E-state index contributed by atoms with van der Waals surface area (Å²) in [5, 5.41) is 30.0. The molecule has 0 bridgehead atoms. The molecule has 1 aromatic heterocycles. The number of aromatic amines is 1. The molecule has 1 heterocycles. The van der Waals surface area contributed by atoms with Gasteiger partial charge in [-0.05, 0) is 12.1 Å². The fourth-order valence-electron chi connectivity index (χ4n) is 2.00. The van der Waals surface area contributed by atoms with Gasteiger partial charge in [-0.2, -0.15) is 0 Å². The predicted molar refractivity (Wildman–Crippen MR) is 63.4 cm³/mol. The van der Waals surface area contributed by atoms with Crippen LogP contribution in [0.25, 0.3) is 10.9 Å². The third-order valence-corrected chi connectivity index (χ3v) is 2.82. The molecule has 0 aliphatic heterocycles. The summed E-state index contributed by atoms with van der Waals surface area (Å²) in [5.74, 6) is 0.128. The summed E-state index contributed by atoms with van der Waals surface area (Å²) in [6, 6.07) is 3.08. The summed E-state index contributed by atoms with van der Waals surface area (Å²) in [4.78, 5) is 13.3. The van der Waals surface area contributed by atoms with Gasteiger partial charge in [0.05, 0.1) is 25.2 Å². The number of hydrogen-bond donors (Lipinski definition) is 3. The van der Waals surface area contributed by atoms with Gasteiger partial charge in [-0.1, -0.05) is 0 Å². The standard InChI is InChI=1S/C11H12N2O5/c1-18-9-3-2-6-7(4-14)8(5-15)12-10(6)11(9)13(16)17/h2-3,12,14-15H,4-5H2,1H3. The van der Waals surface area contributed by atoms with Gasteiger partial charge in [0.1, 0.15) is 5.52 Å². The number of H-pyrrole nitrogens is 1. The van der Waals surface area contributed by atoms with Crippen LogP contribution < -0.4 is 4.74 Å². The first kappa shape index (κ1) is 12.3. The van der Waals surface area contributed by atoms with Crippen molar-refractivity contribution in [1.29, 1.82) is 0 Å². The number of fused-ring (bicyclic) bond motifs is 1. The summed E-state index contributed by atoms with van der Waals surface area (Å²) >= 11 is 0. The molecule has 3 N–H and O–H groups in total. The van der Waals surface area contributed by atoms with Gasteiger partial charge in [-0.15, -0.1) is 0 Å². The average Bonchev–Trinajstić information content (AvgIpc) is 2.74. The molecule has 2 rings (SSSR count). The van der Waals surface area contributed by atoms with E-state index in [4.69, 9.17) is 9.84 Å². The summed E-state index contributed by atoms with van der Waals surface area (Å²) in [7, 11) is 1.34. The summed E-state index contributed by atoms with van der Waals surface area (Å²) in [5.41, 5.74) is 0.860. The van der Waals surface area contributed by atoms with E-state index in [2.05, 4.69) is 4.98 Å². The van der Waals surface area contributed by atoms with Crippen LogP contribution in [0.5, 0.6) is 5.75 Å². The van der Waals surface area contributed by atoms with E-state index in [1.54, 1.807) is 6.07 Å². The van der Waals surface area contributed by atoms with Crippen LogP contribution in [0.2, 0.25) is 0 Å². The Kier molecular flexibility index (Phi) is 3.17. The normalized spacial score (nSPS) is 10.8. The SMILES string of the molecule is COc1ccc2c(CO)c(CO)[nH]c2c1[N+](=O)[O-]. The number of nitro benzene ring substituents is 1. The van der Waals surface area contributed by atoms with Crippen LogP contribution in [-0.4, -0.2) is 27.2 Å². The molecule has 0 aliphatic rings. The number of nitro groups is 1. The van der Waals surface area contributed by atoms with Crippen molar-refractivity contribution in [3.8, 4) is 5.75 Å². The lowest BCUT2D eigenvalue weighted by Gasteiger charge is -2.02. The Labute approximate surface area is 102 Å². The Morgan fingerprint density at radius 3 is 2.61 bits per heavy atom. The Balaban J connectivity index is 2.85. The van der Waals surface area contributed by atoms with Crippen LogP contribution in [-0.2, 0) is 13.2 Å². The van der Waals surface area contributed by atoms with Crippen molar-refractivity contribution in [1.82, 2.24) is 4.98 Å². The number of methoxy groups -OCH3 is 1. The second-order valence-electron chi connectivity index (χ2n) is 3.69. The van der Waals surface area contributed by atoms with Gasteiger partial charge in [0.2, 0.25) is 0 Å². The fourth-order valence-corrected chi connectivity index (χ4v) is 2.00. The van der Waals surface area contributed by atoms with Crippen molar-refractivity contribution in [2.24, 2.45) is 0 Å². The van der Waals surface area contributed by atoms with Crippen LogP contribution >= 0.6 is 0 Å². The maximum absolute atomic E-state index is 11.1. The van der Waals surface area contributed by atoms with Gasteiger partial charge < -0.3 is 19.9 Å². The molecule has 7 nitrogen and oxygen atoms in total. The largest absolute Gasteiger partial charge is 0.490 e. The number of ether oxygens (including phenoxy) is 1. The topological polar surface area (TPSA) is 109 Å². The van der Waals surface area contributed by atoms with Gasteiger partial charge >= 0.3 is 5.69 Å². The Morgan fingerprint density at radius 2 is 2.11 bits per heavy atom. The van der Waals surface area contributed by atoms with E-state index in [0.29, 0.717) is 16.6 Å². The smallest absolute Gasteiger partial charge is 0.334 e. The van der Waals surface area contributed by atoms with Crippen LogP contribution in [0.15, 0.2) is 12.1 Å². The van der Waals surface area contributed by atoms with Crippen molar-refractivity contribution in [2.45, 2.75) is 13.2 Å². The van der Waals surface area contributed by atoms with Crippen molar-refractivity contribution in [3.63, 3.8) is 0 Å². The molecule has 0 radical (unpaired) electrons. The Morgan fingerprint density at radius 1 is 1.39 bits per heavy atom. The van der Waals surface area contributed by atoms with Gasteiger partial charge in [0.25, 0.3) is 0 Å². The molecule has 18 heavy (non-hydrogen) atoms. The van der Waals surface area contributed by atoms with Crippen molar-refractivity contribution < 1.29 is 19.9 Å². The van der Waals surface area contributed by atoms with Gasteiger partial charge in [0.15, 0.2) is 5.75 Å². The van der Waals surface area contributed by atoms with E-state index in [1.165, 1.54) is 13.2 Å². The molecule has 2 aromatic rings. The number of aromatic nitrogens is 1. The molecule has 0 aliphatic carbocycles. The van der Waals surface area contributed by atoms with Crippen molar-refractivity contribution >= 4 is 16.6 Å². The quantitative estimate of drug-likeness (QED) is 0.557. The lowest BCUT2D eigenvalue weighted by Crippen LogP contribution is -1.94. The summed E-state index contributed by atoms with van der Waals surface area (Å²) in [6.45, 7) is -0.635. The lowest BCUT2D eigenvalue weighted by molar-refractivity contribution is -0.384. The second kappa shape index (κ2) is 4.63. The van der Waals surface area contributed by atoms with Gasteiger partial charge in [0, 0.05) is 16.6 Å². The molecule has 0 amide bonds. The van der Waals surface area contributed by atoms with Crippen LogP contribution in [0.3, 0.4) is 0 Å². The molecular weight excluding hydrogens is 240 g/mol. The minimum absolute atomic E-state index is 0.128. The lowest BCUT2D eigenvalue weighted by atomic mass is 10.1. The van der Waals surface area contributed by atoms with Crippen molar-refractivity contribution in [3.05, 3.63) is 33.5 Å². The van der Waals surface area contributed by atoms with Crippen LogP contribution in [0.4, 0.5) is 5.69 Å². The molecule has 0 spiro atoms. The highest BCUT2D eigenvalue weighted by molar-refractivity contribution is 5.94. The minimum Gasteiger partial charge on any atom is -0.490 e. The predicted octanol–water partition coefficient (Wildman–Crippen LogP) is 1.07. The Hall–Kier alpha value is -2.12. The van der Waals surface area contributed by atoms with Crippen molar-refractivity contribution in [2.75, 3.05) is 7.11 Å². The number of nitrogens with zero attached hydrogens (tertiary/aromatic N) is 1. The molecule has 0 unspecified atom stereocenters. The van der Waals surface area contributed by atoms with Crippen LogP contribution in [0.1, 0.15) is 11.3 Å². The monoisotopic (exact) mass is 252 g/mol. The highest BCUT2D eigenvalue weighted by Crippen LogP contribution is 2.37. The van der Waals surface area contributed by atoms with Gasteiger partial charge in [-0.25, -0.2) is 0 Å².